The first-order chi connectivity index (χ1) is 13.5. The predicted octanol–water partition coefficient (Wildman–Crippen LogP) is 4.15. The van der Waals surface area contributed by atoms with Crippen molar-refractivity contribution < 1.29 is 19.1 Å². The molecular weight excluding hydrogens is 374 g/mol. The van der Waals surface area contributed by atoms with Crippen LogP contribution >= 0.6 is 11.3 Å². The Kier molecular flexibility index (Phi) is 6.62. The minimum Gasteiger partial charge on any atom is -0.457 e. The molecule has 1 saturated heterocycles. The molecule has 0 saturated carbocycles. The number of esters is 1. The largest absolute Gasteiger partial charge is 0.457 e. The normalized spacial score (nSPS) is 14.9. The minimum absolute atomic E-state index is 0.0156. The summed E-state index contributed by atoms with van der Waals surface area (Å²) >= 11 is 1.42. The molecule has 1 aromatic carbocycles. The highest BCUT2D eigenvalue weighted by molar-refractivity contribution is 7.12. The number of carbonyl (C=O) groups excluding carboxylic acids is 3. The van der Waals surface area contributed by atoms with Crippen LogP contribution < -0.4 is 0 Å². The van der Waals surface area contributed by atoms with Gasteiger partial charge in [-0.05, 0) is 35.8 Å². The van der Waals surface area contributed by atoms with Gasteiger partial charge >= 0.3 is 5.97 Å². The predicted molar refractivity (Wildman–Crippen MR) is 109 cm³/mol. The quantitative estimate of drug-likeness (QED) is 0.541. The number of likely N-dealkylation sites (tertiary alicyclic amines) is 1. The van der Waals surface area contributed by atoms with E-state index in [9.17, 15) is 14.4 Å². The topological polar surface area (TPSA) is 63.7 Å². The van der Waals surface area contributed by atoms with Gasteiger partial charge in [-0.15, -0.1) is 11.3 Å². The van der Waals surface area contributed by atoms with Gasteiger partial charge in [0.05, 0.1) is 10.8 Å². The SMILES string of the molecule is CC(C)c1ccc(C(=O)COC(=O)C2CCN(C(=O)c3cccs3)CC2)cc1. The summed E-state index contributed by atoms with van der Waals surface area (Å²) in [6.07, 6.45) is 1.13. The summed E-state index contributed by atoms with van der Waals surface area (Å²) < 4.78 is 5.25. The van der Waals surface area contributed by atoms with Gasteiger partial charge in [0, 0.05) is 18.7 Å². The summed E-state index contributed by atoms with van der Waals surface area (Å²) in [6.45, 7) is 5.01. The fourth-order valence-corrected chi connectivity index (χ4v) is 3.96. The van der Waals surface area contributed by atoms with Crippen LogP contribution in [0, 0.1) is 5.92 Å². The van der Waals surface area contributed by atoms with Crippen molar-refractivity contribution in [1.82, 2.24) is 4.90 Å². The number of nitrogens with zero attached hydrogens (tertiary/aromatic N) is 1. The molecule has 0 bridgehead atoms. The zero-order valence-electron chi connectivity index (χ0n) is 16.2. The molecular formula is C22H25NO4S. The Morgan fingerprint density at radius 3 is 2.36 bits per heavy atom. The van der Waals surface area contributed by atoms with Crippen LogP contribution in [0.15, 0.2) is 41.8 Å². The summed E-state index contributed by atoms with van der Waals surface area (Å²) in [7, 11) is 0. The minimum atomic E-state index is -0.352. The second kappa shape index (κ2) is 9.15. The van der Waals surface area contributed by atoms with E-state index in [1.165, 1.54) is 11.3 Å². The van der Waals surface area contributed by atoms with Crippen molar-refractivity contribution in [1.29, 1.82) is 0 Å². The molecule has 5 nitrogen and oxygen atoms in total. The number of thiophene rings is 1. The highest BCUT2D eigenvalue weighted by Crippen LogP contribution is 2.22. The number of ether oxygens (including phenoxy) is 1. The van der Waals surface area contributed by atoms with Crippen LogP contribution in [0.3, 0.4) is 0 Å². The first kappa shape index (κ1) is 20.3. The molecule has 28 heavy (non-hydrogen) atoms. The van der Waals surface area contributed by atoms with E-state index in [0.29, 0.717) is 37.4 Å². The van der Waals surface area contributed by atoms with Gasteiger partial charge < -0.3 is 9.64 Å². The van der Waals surface area contributed by atoms with Gasteiger partial charge in [-0.25, -0.2) is 0 Å². The molecule has 3 rings (SSSR count). The molecule has 1 aliphatic heterocycles. The van der Waals surface area contributed by atoms with Crippen molar-refractivity contribution in [2.24, 2.45) is 5.92 Å². The number of piperidine rings is 1. The smallest absolute Gasteiger partial charge is 0.309 e. The maximum absolute atomic E-state index is 12.4. The zero-order valence-corrected chi connectivity index (χ0v) is 17.0. The summed E-state index contributed by atoms with van der Waals surface area (Å²) in [5.41, 5.74) is 1.71. The van der Waals surface area contributed by atoms with Crippen molar-refractivity contribution in [2.45, 2.75) is 32.6 Å². The molecule has 2 aromatic rings. The van der Waals surface area contributed by atoms with Crippen molar-refractivity contribution >= 4 is 29.0 Å². The number of rotatable bonds is 6. The first-order valence-corrected chi connectivity index (χ1v) is 10.5. The molecule has 1 amide bonds. The number of carbonyl (C=O) groups is 3. The molecule has 6 heteroatoms. The third-order valence-corrected chi connectivity index (χ3v) is 5.95. The number of benzene rings is 1. The first-order valence-electron chi connectivity index (χ1n) is 9.58. The fourth-order valence-electron chi connectivity index (χ4n) is 3.27. The molecule has 1 aliphatic rings. The Bertz CT molecular complexity index is 819. The number of amides is 1. The highest BCUT2D eigenvalue weighted by Gasteiger charge is 2.29. The Balaban J connectivity index is 1.45. The molecule has 1 aromatic heterocycles. The zero-order chi connectivity index (χ0) is 20.1. The van der Waals surface area contributed by atoms with Crippen molar-refractivity contribution in [3.05, 3.63) is 57.8 Å². The van der Waals surface area contributed by atoms with Gasteiger partial charge in [-0.1, -0.05) is 44.2 Å². The van der Waals surface area contributed by atoms with Crippen LogP contribution in [0.25, 0.3) is 0 Å². The van der Waals surface area contributed by atoms with Crippen LogP contribution in [0.4, 0.5) is 0 Å². The van der Waals surface area contributed by atoms with E-state index in [0.717, 1.165) is 10.4 Å². The van der Waals surface area contributed by atoms with Gasteiger partial charge in [0.1, 0.15) is 0 Å². The number of ketones is 1. The maximum Gasteiger partial charge on any atom is 0.309 e. The van der Waals surface area contributed by atoms with Gasteiger partial charge in [0.15, 0.2) is 12.4 Å². The summed E-state index contributed by atoms with van der Waals surface area (Å²) in [6, 6.07) is 11.1. The van der Waals surface area contributed by atoms with Crippen LogP contribution in [0.5, 0.6) is 0 Å². The average molecular weight is 400 g/mol. The number of hydrogen-bond acceptors (Lipinski definition) is 5. The van der Waals surface area contributed by atoms with E-state index in [-0.39, 0.29) is 30.2 Å². The lowest BCUT2D eigenvalue weighted by Gasteiger charge is -2.30. The molecule has 0 radical (unpaired) electrons. The lowest BCUT2D eigenvalue weighted by atomic mass is 9.97. The van der Waals surface area contributed by atoms with Crippen LogP contribution in [0.2, 0.25) is 0 Å². The van der Waals surface area contributed by atoms with E-state index >= 15 is 0 Å². The Morgan fingerprint density at radius 2 is 1.79 bits per heavy atom. The monoisotopic (exact) mass is 399 g/mol. The van der Waals surface area contributed by atoms with Crippen molar-refractivity contribution in [3.8, 4) is 0 Å². The van der Waals surface area contributed by atoms with Crippen molar-refractivity contribution in [2.75, 3.05) is 19.7 Å². The third-order valence-electron chi connectivity index (χ3n) is 5.09. The van der Waals surface area contributed by atoms with Gasteiger partial charge in [-0.2, -0.15) is 0 Å². The standard InChI is InChI=1S/C22H25NO4S/c1-15(2)16-5-7-17(8-6-16)19(24)14-27-22(26)18-9-11-23(12-10-18)21(25)20-4-3-13-28-20/h3-8,13,15,18H,9-12,14H2,1-2H3. The summed E-state index contributed by atoms with van der Waals surface area (Å²) in [5, 5.41) is 1.88. The molecule has 2 heterocycles. The van der Waals surface area contributed by atoms with Gasteiger partial charge in [0.25, 0.3) is 5.91 Å². The molecule has 0 N–H and O–H groups in total. The van der Waals surface area contributed by atoms with Crippen LogP contribution in [0.1, 0.15) is 58.2 Å². The summed E-state index contributed by atoms with van der Waals surface area (Å²) in [4.78, 5) is 39.4. The molecule has 1 fully saturated rings. The lowest BCUT2D eigenvalue weighted by molar-refractivity contribution is -0.148. The Labute approximate surface area is 169 Å². The second-order valence-electron chi connectivity index (χ2n) is 7.35. The van der Waals surface area contributed by atoms with E-state index in [1.807, 2.05) is 29.6 Å². The van der Waals surface area contributed by atoms with Gasteiger partial charge in [-0.3, -0.25) is 14.4 Å². The maximum atomic E-state index is 12.4. The third kappa shape index (κ3) is 4.87. The number of Topliss-reactive ketones (excluding diaryl/α,β-unsaturated/α-hetero) is 1. The lowest BCUT2D eigenvalue weighted by Crippen LogP contribution is -2.40. The fraction of sp³-hybridized carbons (Fsp3) is 0.409. The second-order valence-corrected chi connectivity index (χ2v) is 8.30. The average Bonchev–Trinajstić information content (AvgIpc) is 3.26. The van der Waals surface area contributed by atoms with Gasteiger partial charge in [0.2, 0.25) is 0 Å². The molecule has 148 valence electrons. The molecule has 0 atom stereocenters. The summed E-state index contributed by atoms with van der Waals surface area (Å²) in [5.74, 6) is -0.394. The van der Waals surface area contributed by atoms with E-state index in [4.69, 9.17) is 4.74 Å². The number of hydrogen-bond donors (Lipinski definition) is 0. The molecule has 0 aliphatic carbocycles. The van der Waals surface area contributed by atoms with Crippen molar-refractivity contribution in [3.63, 3.8) is 0 Å². The van der Waals surface area contributed by atoms with Crippen LogP contribution in [-0.4, -0.2) is 42.3 Å². The highest BCUT2D eigenvalue weighted by atomic mass is 32.1. The Hall–Kier alpha value is -2.47. The van der Waals surface area contributed by atoms with E-state index < -0.39 is 0 Å². The molecule has 0 unspecified atom stereocenters. The van der Waals surface area contributed by atoms with E-state index in [1.54, 1.807) is 17.0 Å². The van der Waals surface area contributed by atoms with E-state index in [2.05, 4.69) is 13.8 Å². The van der Waals surface area contributed by atoms with Crippen LogP contribution in [-0.2, 0) is 9.53 Å². The Morgan fingerprint density at radius 1 is 1.11 bits per heavy atom. The molecule has 0 spiro atoms.